The first-order valence-electron chi connectivity index (χ1n) is 6.35. The Kier molecular flexibility index (Phi) is 5.77. The van der Waals surface area contributed by atoms with Crippen molar-refractivity contribution in [3.8, 4) is 0 Å². The van der Waals surface area contributed by atoms with E-state index in [4.69, 9.17) is 0 Å². The topological polar surface area (TPSA) is 44.4 Å². The van der Waals surface area contributed by atoms with E-state index in [1.165, 1.54) is 0 Å². The maximum Gasteiger partial charge on any atom is 0.234 e. The van der Waals surface area contributed by atoms with E-state index >= 15 is 0 Å². The molecule has 0 bridgehead atoms. The molecule has 0 atom stereocenters. The normalized spacial score (nSPS) is 16.6. The van der Waals surface area contributed by atoms with Gasteiger partial charge in [-0.2, -0.15) is 0 Å². The molecule has 0 aliphatic carbocycles. The molecule has 1 fully saturated rings. The van der Waals surface area contributed by atoms with Crippen LogP contribution in [0.1, 0.15) is 27.2 Å². The predicted molar refractivity (Wildman–Crippen MR) is 66.4 cm³/mol. The molecule has 1 rings (SSSR count). The molecule has 1 aliphatic heterocycles. The Morgan fingerprint density at radius 2 is 2.19 bits per heavy atom. The van der Waals surface area contributed by atoms with E-state index < -0.39 is 0 Å². The fourth-order valence-corrected chi connectivity index (χ4v) is 1.77. The maximum absolute atomic E-state index is 11.7. The standard InChI is InChI=1S/C12H25N3O/c1-4-15(11-7-13-8-11)9-12(16)14-6-5-10(2)3/h10-11,13H,4-9H2,1-3H3,(H,14,16). The summed E-state index contributed by atoms with van der Waals surface area (Å²) < 4.78 is 0. The Labute approximate surface area is 98.8 Å². The van der Waals surface area contributed by atoms with Crippen LogP contribution in [0.3, 0.4) is 0 Å². The van der Waals surface area contributed by atoms with Crippen molar-refractivity contribution in [3.63, 3.8) is 0 Å². The van der Waals surface area contributed by atoms with Crippen molar-refractivity contribution in [1.29, 1.82) is 0 Å². The van der Waals surface area contributed by atoms with Crippen LogP contribution < -0.4 is 10.6 Å². The van der Waals surface area contributed by atoms with Gasteiger partial charge in [0.05, 0.1) is 6.54 Å². The average molecular weight is 227 g/mol. The second kappa shape index (κ2) is 6.86. The molecule has 2 N–H and O–H groups in total. The molecule has 0 aromatic rings. The third kappa shape index (κ3) is 4.49. The molecule has 16 heavy (non-hydrogen) atoms. The molecule has 4 heteroatoms. The highest BCUT2D eigenvalue weighted by Gasteiger charge is 2.24. The van der Waals surface area contributed by atoms with Crippen LogP contribution in [0, 0.1) is 5.92 Å². The van der Waals surface area contributed by atoms with Crippen LogP contribution in [0.2, 0.25) is 0 Å². The van der Waals surface area contributed by atoms with E-state index in [-0.39, 0.29) is 5.91 Å². The number of nitrogens with one attached hydrogen (secondary N) is 2. The zero-order valence-electron chi connectivity index (χ0n) is 10.8. The van der Waals surface area contributed by atoms with Gasteiger partial charge in [0.2, 0.25) is 5.91 Å². The highest BCUT2D eigenvalue weighted by Crippen LogP contribution is 2.03. The molecule has 1 saturated heterocycles. The van der Waals surface area contributed by atoms with Crippen molar-refractivity contribution < 1.29 is 4.79 Å². The van der Waals surface area contributed by atoms with Gasteiger partial charge in [0, 0.05) is 25.7 Å². The number of amides is 1. The van der Waals surface area contributed by atoms with Gasteiger partial charge in [0.1, 0.15) is 0 Å². The first-order chi connectivity index (χ1) is 7.63. The number of hydrogen-bond donors (Lipinski definition) is 2. The number of rotatable bonds is 7. The zero-order valence-corrected chi connectivity index (χ0v) is 10.8. The van der Waals surface area contributed by atoms with Crippen LogP contribution >= 0.6 is 0 Å². The summed E-state index contributed by atoms with van der Waals surface area (Å²) in [6, 6.07) is 0.556. The molecular formula is C12H25N3O. The van der Waals surface area contributed by atoms with Crippen molar-refractivity contribution in [2.45, 2.75) is 33.2 Å². The molecule has 0 radical (unpaired) electrons. The fraction of sp³-hybridized carbons (Fsp3) is 0.917. The lowest BCUT2D eigenvalue weighted by molar-refractivity contribution is -0.123. The van der Waals surface area contributed by atoms with Gasteiger partial charge >= 0.3 is 0 Å². The molecule has 0 saturated carbocycles. The van der Waals surface area contributed by atoms with Crippen LogP contribution in [-0.2, 0) is 4.79 Å². The maximum atomic E-state index is 11.7. The minimum Gasteiger partial charge on any atom is -0.355 e. The summed E-state index contributed by atoms with van der Waals surface area (Å²) in [6.07, 6.45) is 1.06. The average Bonchev–Trinajstić information content (AvgIpc) is 2.13. The lowest BCUT2D eigenvalue weighted by atomic mass is 10.1. The quantitative estimate of drug-likeness (QED) is 0.663. The molecule has 1 heterocycles. The summed E-state index contributed by atoms with van der Waals surface area (Å²) in [5, 5.41) is 6.21. The summed E-state index contributed by atoms with van der Waals surface area (Å²) in [6.45, 7) is 10.8. The largest absolute Gasteiger partial charge is 0.355 e. The van der Waals surface area contributed by atoms with Crippen molar-refractivity contribution >= 4 is 5.91 Å². The van der Waals surface area contributed by atoms with E-state index in [2.05, 4.69) is 36.3 Å². The lowest BCUT2D eigenvalue weighted by Crippen LogP contribution is -2.58. The molecule has 0 unspecified atom stereocenters. The van der Waals surface area contributed by atoms with Crippen molar-refractivity contribution in [1.82, 2.24) is 15.5 Å². The Morgan fingerprint density at radius 1 is 1.50 bits per heavy atom. The number of hydrogen-bond acceptors (Lipinski definition) is 3. The van der Waals surface area contributed by atoms with Crippen molar-refractivity contribution in [2.24, 2.45) is 5.92 Å². The van der Waals surface area contributed by atoms with Gasteiger partial charge in [-0.25, -0.2) is 0 Å². The van der Waals surface area contributed by atoms with Gasteiger partial charge in [-0.3, -0.25) is 9.69 Å². The van der Waals surface area contributed by atoms with Crippen molar-refractivity contribution in [2.75, 3.05) is 32.7 Å². The minimum absolute atomic E-state index is 0.161. The molecule has 1 aliphatic rings. The number of carbonyl (C=O) groups is 1. The van der Waals surface area contributed by atoms with Gasteiger partial charge in [-0.05, 0) is 18.9 Å². The first-order valence-corrected chi connectivity index (χ1v) is 6.35. The van der Waals surface area contributed by atoms with Gasteiger partial charge < -0.3 is 10.6 Å². The Morgan fingerprint density at radius 3 is 2.62 bits per heavy atom. The summed E-state index contributed by atoms with van der Waals surface area (Å²) in [4.78, 5) is 13.9. The van der Waals surface area contributed by atoms with Gasteiger partial charge in [-0.1, -0.05) is 20.8 Å². The molecule has 0 aromatic carbocycles. The summed E-state index contributed by atoms with van der Waals surface area (Å²) >= 11 is 0. The smallest absolute Gasteiger partial charge is 0.234 e. The zero-order chi connectivity index (χ0) is 12.0. The second-order valence-corrected chi connectivity index (χ2v) is 4.91. The van der Waals surface area contributed by atoms with Crippen LogP contribution in [0.5, 0.6) is 0 Å². The highest BCUT2D eigenvalue weighted by atomic mass is 16.2. The lowest BCUT2D eigenvalue weighted by Gasteiger charge is -2.37. The highest BCUT2D eigenvalue weighted by molar-refractivity contribution is 5.78. The Bertz CT molecular complexity index is 214. The van der Waals surface area contributed by atoms with Gasteiger partial charge in [0.25, 0.3) is 0 Å². The van der Waals surface area contributed by atoms with Crippen LogP contribution in [0.15, 0.2) is 0 Å². The molecular weight excluding hydrogens is 202 g/mol. The van der Waals surface area contributed by atoms with Gasteiger partial charge in [-0.15, -0.1) is 0 Å². The van der Waals surface area contributed by atoms with E-state index in [1.54, 1.807) is 0 Å². The molecule has 94 valence electrons. The Hall–Kier alpha value is -0.610. The summed E-state index contributed by atoms with van der Waals surface area (Å²) in [5.74, 6) is 0.813. The predicted octanol–water partition coefficient (Wildman–Crippen LogP) is 0.442. The molecule has 1 amide bonds. The van der Waals surface area contributed by atoms with E-state index in [0.29, 0.717) is 18.5 Å². The number of likely N-dealkylation sites (N-methyl/N-ethyl adjacent to an activating group) is 1. The van der Waals surface area contributed by atoms with Gasteiger partial charge in [0.15, 0.2) is 0 Å². The van der Waals surface area contributed by atoms with Crippen LogP contribution in [0.25, 0.3) is 0 Å². The van der Waals surface area contributed by atoms with Crippen LogP contribution in [0.4, 0.5) is 0 Å². The third-order valence-corrected chi connectivity index (χ3v) is 3.07. The first kappa shape index (κ1) is 13.5. The number of nitrogens with zero attached hydrogens (tertiary/aromatic N) is 1. The van der Waals surface area contributed by atoms with Crippen molar-refractivity contribution in [3.05, 3.63) is 0 Å². The summed E-state index contributed by atoms with van der Waals surface area (Å²) in [5.41, 5.74) is 0. The minimum atomic E-state index is 0.161. The number of carbonyl (C=O) groups excluding carboxylic acids is 1. The van der Waals surface area contributed by atoms with Crippen LogP contribution in [-0.4, -0.2) is 49.6 Å². The second-order valence-electron chi connectivity index (χ2n) is 4.91. The monoisotopic (exact) mass is 227 g/mol. The molecule has 4 nitrogen and oxygen atoms in total. The molecule has 0 aromatic heterocycles. The Balaban J connectivity index is 2.15. The fourth-order valence-electron chi connectivity index (χ4n) is 1.77. The molecule has 0 spiro atoms. The summed E-state index contributed by atoms with van der Waals surface area (Å²) in [7, 11) is 0. The third-order valence-electron chi connectivity index (χ3n) is 3.07. The SMILES string of the molecule is CCN(CC(=O)NCCC(C)C)C1CNC1. The van der Waals surface area contributed by atoms with E-state index in [1.807, 2.05) is 0 Å². The van der Waals surface area contributed by atoms with E-state index in [9.17, 15) is 4.79 Å². The van der Waals surface area contributed by atoms with E-state index in [0.717, 1.165) is 32.6 Å².